The van der Waals surface area contributed by atoms with E-state index in [0.717, 1.165) is 56.2 Å². The first kappa shape index (κ1) is 26.1. The number of carbonyl (C=O) groups is 1. The molecule has 0 bridgehead atoms. The summed E-state index contributed by atoms with van der Waals surface area (Å²) in [5.41, 5.74) is 4.45. The van der Waals surface area contributed by atoms with Crippen molar-refractivity contribution in [2.24, 2.45) is 4.99 Å². The Labute approximate surface area is 220 Å². The van der Waals surface area contributed by atoms with Gasteiger partial charge in [0.1, 0.15) is 0 Å². The zero-order chi connectivity index (χ0) is 23.0. The Bertz CT molecular complexity index is 969. The van der Waals surface area contributed by atoms with Crippen molar-refractivity contribution < 1.29 is 4.79 Å². The molecule has 2 aliphatic rings. The molecule has 7 nitrogen and oxygen atoms in total. The first-order valence-corrected chi connectivity index (χ1v) is 12.1. The summed E-state index contributed by atoms with van der Waals surface area (Å²) in [6.07, 6.45) is 4.73. The van der Waals surface area contributed by atoms with E-state index in [-0.39, 0.29) is 36.0 Å². The van der Waals surface area contributed by atoms with Crippen molar-refractivity contribution in [3.05, 3.63) is 59.7 Å². The third-order valence-corrected chi connectivity index (χ3v) is 6.45. The fourth-order valence-electron chi connectivity index (χ4n) is 4.52. The van der Waals surface area contributed by atoms with Gasteiger partial charge in [0.15, 0.2) is 5.96 Å². The van der Waals surface area contributed by atoms with Crippen LogP contribution in [-0.4, -0.2) is 50.1 Å². The van der Waals surface area contributed by atoms with Crippen LogP contribution in [-0.2, 0) is 6.54 Å². The summed E-state index contributed by atoms with van der Waals surface area (Å²) in [6, 6.07) is 16.9. The highest BCUT2D eigenvalue weighted by molar-refractivity contribution is 14.0. The van der Waals surface area contributed by atoms with Crippen LogP contribution in [0.25, 0.3) is 0 Å². The van der Waals surface area contributed by atoms with Crippen LogP contribution in [0, 0.1) is 0 Å². The highest BCUT2D eigenvalue weighted by atomic mass is 127. The molecule has 3 N–H and O–H groups in total. The van der Waals surface area contributed by atoms with Gasteiger partial charge in [-0.1, -0.05) is 24.3 Å². The molecule has 0 radical (unpaired) electrons. The Morgan fingerprint density at radius 3 is 2.44 bits per heavy atom. The number of amides is 2. The molecule has 2 amide bonds. The van der Waals surface area contributed by atoms with Crippen molar-refractivity contribution in [1.29, 1.82) is 0 Å². The van der Waals surface area contributed by atoms with Crippen LogP contribution in [0.3, 0.4) is 0 Å². The quantitative estimate of drug-likeness (QED) is 0.259. The molecule has 2 fully saturated rings. The Morgan fingerprint density at radius 2 is 1.71 bits per heavy atom. The third kappa shape index (κ3) is 7.01. The van der Waals surface area contributed by atoms with Gasteiger partial charge >= 0.3 is 6.03 Å². The van der Waals surface area contributed by atoms with Crippen molar-refractivity contribution in [1.82, 2.24) is 15.5 Å². The standard InChI is InChI=1S/C26H36N6O.HI/c1-20(22-10-8-12-24(18-22)31-13-3-4-14-31)29-25(27-2)28-19-21-9-7-11-23(17-21)30-26(33)32-15-5-6-16-32;/h7-12,17-18,20H,3-6,13-16,19H2,1-2H3,(H,30,33)(H2,27,28,29);1H. The Balaban J connectivity index is 0.00000324. The molecule has 2 aromatic rings. The van der Waals surface area contributed by atoms with Crippen LogP contribution >= 0.6 is 24.0 Å². The summed E-state index contributed by atoms with van der Waals surface area (Å²) in [7, 11) is 1.79. The van der Waals surface area contributed by atoms with Crippen LogP contribution in [0.15, 0.2) is 53.5 Å². The first-order valence-electron chi connectivity index (χ1n) is 12.1. The number of hydrogen-bond donors (Lipinski definition) is 3. The molecule has 8 heteroatoms. The van der Waals surface area contributed by atoms with E-state index in [0.29, 0.717) is 6.54 Å². The predicted octanol–water partition coefficient (Wildman–Crippen LogP) is 4.96. The topological polar surface area (TPSA) is 72.0 Å². The normalized spacial score (nSPS) is 16.7. The zero-order valence-electron chi connectivity index (χ0n) is 20.2. The van der Waals surface area contributed by atoms with Crippen molar-refractivity contribution in [2.75, 3.05) is 43.4 Å². The number of aliphatic imine (C=N–C) groups is 1. The monoisotopic (exact) mass is 576 g/mol. The molecule has 1 atom stereocenters. The van der Waals surface area contributed by atoms with Crippen LogP contribution in [0.4, 0.5) is 16.2 Å². The molecule has 0 aliphatic carbocycles. The van der Waals surface area contributed by atoms with Crippen LogP contribution in [0.5, 0.6) is 0 Å². The number of urea groups is 1. The van der Waals surface area contributed by atoms with Gasteiger partial charge in [0.2, 0.25) is 0 Å². The maximum absolute atomic E-state index is 12.4. The summed E-state index contributed by atoms with van der Waals surface area (Å²) >= 11 is 0. The second-order valence-corrected chi connectivity index (χ2v) is 8.91. The molecular weight excluding hydrogens is 539 g/mol. The average Bonchev–Trinajstić information content (AvgIpc) is 3.57. The summed E-state index contributed by atoms with van der Waals surface area (Å²) in [5, 5.41) is 9.91. The summed E-state index contributed by atoms with van der Waals surface area (Å²) < 4.78 is 0. The maximum atomic E-state index is 12.4. The molecule has 2 saturated heterocycles. The molecule has 2 heterocycles. The number of nitrogens with zero attached hydrogens (tertiary/aromatic N) is 3. The Hall–Kier alpha value is -2.49. The second kappa shape index (κ2) is 12.8. The number of benzene rings is 2. The number of likely N-dealkylation sites (tertiary alicyclic amines) is 1. The van der Waals surface area contributed by atoms with Gasteiger partial charge in [-0.2, -0.15) is 0 Å². The van der Waals surface area contributed by atoms with Crippen LogP contribution < -0.4 is 20.9 Å². The number of nitrogens with one attached hydrogen (secondary N) is 3. The SMILES string of the molecule is CN=C(NCc1cccc(NC(=O)N2CCCC2)c1)NC(C)c1cccc(N2CCCC2)c1.I. The largest absolute Gasteiger partial charge is 0.372 e. The van der Waals surface area contributed by atoms with Crippen molar-refractivity contribution in [3.8, 4) is 0 Å². The smallest absolute Gasteiger partial charge is 0.321 e. The van der Waals surface area contributed by atoms with Gasteiger partial charge in [0.25, 0.3) is 0 Å². The van der Waals surface area contributed by atoms with Gasteiger partial charge in [0, 0.05) is 51.1 Å². The van der Waals surface area contributed by atoms with E-state index < -0.39 is 0 Å². The Morgan fingerprint density at radius 1 is 1.00 bits per heavy atom. The molecule has 1 unspecified atom stereocenters. The van der Waals surface area contributed by atoms with Gasteiger partial charge in [0.05, 0.1) is 6.04 Å². The van der Waals surface area contributed by atoms with Gasteiger partial charge < -0.3 is 25.8 Å². The highest BCUT2D eigenvalue weighted by Gasteiger charge is 2.18. The minimum absolute atomic E-state index is 0. The van der Waals surface area contributed by atoms with E-state index >= 15 is 0 Å². The van der Waals surface area contributed by atoms with E-state index in [1.54, 1.807) is 7.05 Å². The van der Waals surface area contributed by atoms with Crippen molar-refractivity contribution >= 4 is 47.3 Å². The lowest BCUT2D eigenvalue weighted by Crippen LogP contribution is -2.38. The lowest BCUT2D eigenvalue weighted by atomic mass is 10.1. The summed E-state index contributed by atoms with van der Waals surface area (Å²) in [4.78, 5) is 21.1. The van der Waals surface area contributed by atoms with Gasteiger partial charge in [-0.25, -0.2) is 4.79 Å². The molecule has 2 aromatic carbocycles. The number of hydrogen-bond acceptors (Lipinski definition) is 3. The molecule has 2 aliphatic heterocycles. The number of rotatable bonds is 6. The van der Waals surface area contributed by atoms with Crippen LogP contribution in [0.2, 0.25) is 0 Å². The molecule has 0 spiro atoms. The number of halogens is 1. The molecule has 184 valence electrons. The minimum atomic E-state index is -0.0138. The predicted molar refractivity (Wildman–Crippen MR) is 151 cm³/mol. The van der Waals surface area contributed by atoms with Crippen molar-refractivity contribution in [3.63, 3.8) is 0 Å². The lowest BCUT2D eigenvalue weighted by molar-refractivity contribution is 0.222. The first-order chi connectivity index (χ1) is 16.1. The molecule has 0 aromatic heterocycles. The fourth-order valence-corrected chi connectivity index (χ4v) is 4.52. The Kier molecular flexibility index (Phi) is 9.86. The van der Waals surface area contributed by atoms with E-state index in [1.807, 2.05) is 23.1 Å². The molecule has 34 heavy (non-hydrogen) atoms. The van der Waals surface area contributed by atoms with Gasteiger partial charge in [-0.15, -0.1) is 24.0 Å². The number of guanidine groups is 1. The van der Waals surface area contributed by atoms with E-state index in [9.17, 15) is 4.79 Å². The van der Waals surface area contributed by atoms with Crippen LogP contribution in [0.1, 0.15) is 49.8 Å². The fraction of sp³-hybridized carbons (Fsp3) is 0.462. The number of carbonyl (C=O) groups excluding carboxylic acids is 1. The van der Waals surface area contributed by atoms with Gasteiger partial charge in [-0.3, -0.25) is 4.99 Å². The highest BCUT2D eigenvalue weighted by Crippen LogP contribution is 2.24. The second-order valence-electron chi connectivity index (χ2n) is 8.91. The third-order valence-electron chi connectivity index (χ3n) is 6.45. The molecular formula is C26H37IN6O. The zero-order valence-corrected chi connectivity index (χ0v) is 22.5. The minimum Gasteiger partial charge on any atom is -0.372 e. The summed E-state index contributed by atoms with van der Waals surface area (Å²) in [5.74, 6) is 0.751. The van der Waals surface area contributed by atoms with E-state index in [1.165, 1.54) is 24.1 Å². The molecule has 0 saturated carbocycles. The van der Waals surface area contributed by atoms with E-state index in [4.69, 9.17) is 0 Å². The van der Waals surface area contributed by atoms with E-state index in [2.05, 4.69) is 63.1 Å². The van der Waals surface area contributed by atoms with Crippen molar-refractivity contribution in [2.45, 2.75) is 45.2 Å². The van der Waals surface area contributed by atoms with Gasteiger partial charge in [-0.05, 0) is 68.0 Å². The maximum Gasteiger partial charge on any atom is 0.321 e. The number of anilines is 2. The molecule has 4 rings (SSSR count). The summed E-state index contributed by atoms with van der Waals surface area (Å²) in [6.45, 7) is 6.75. The average molecular weight is 577 g/mol. The lowest BCUT2D eigenvalue weighted by Gasteiger charge is -2.22.